The topological polar surface area (TPSA) is 85.9 Å². The fourth-order valence-corrected chi connectivity index (χ4v) is 3.27. The summed E-state index contributed by atoms with van der Waals surface area (Å²) in [6, 6.07) is 26.8. The number of alkyl halides is 4. The van der Waals surface area contributed by atoms with E-state index in [1.54, 1.807) is 78.1 Å². The highest BCUT2D eigenvalue weighted by Crippen LogP contribution is 2.37. The maximum Gasteiger partial charge on any atom is 0.461 e. The van der Waals surface area contributed by atoms with E-state index in [4.69, 9.17) is 9.47 Å². The Kier molecular flexibility index (Phi) is 8.29. The van der Waals surface area contributed by atoms with E-state index in [0.29, 0.717) is 28.5 Å². The summed E-state index contributed by atoms with van der Waals surface area (Å²) in [5.74, 6) is -6.13. The molecule has 4 rings (SSSR count). The Hall–Kier alpha value is -4.97. The standard InChI is InChI=1S/C28H19F5N2O5/c29-27(40-33,28(30,31)32)26(37)35-20-8-12-22(13-9-20)39-24-16-14-23(15-17-24)38-21-10-6-19(7-11-21)34-25(36)18-4-2-1-3-5-18/h1-17H,(H,34,36)(H,35,37). The molecule has 0 spiro atoms. The predicted octanol–water partition coefficient (Wildman–Crippen LogP) is 7.59. The number of halogens is 5. The highest BCUT2D eigenvalue weighted by atomic mass is 19.4. The first-order valence-corrected chi connectivity index (χ1v) is 11.5. The van der Waals surface area contributed by atoms with Crippen LogP contribution in [0.3, 0.4) is 0 Å². The molecule has 0 fully saturated rings. The zero-order chi connectivity index (χ0) is 28.8. The molecule has 0 saturated heterocycles. The molecule has 12 heteroatoms. The van der Waals surface area contributed by atoms with Gasteiger partial charge in [-0.2, -0.15) is 17.6 Å². The average molecular weight is 558 g/mol. The van der Waals surface area contributed by atoms with Crippen LogP contribution in [0.2, 0.25) is 0 Å². The van der Waals surface area contributed by atoms with Crippen LogP contribution in [-0.2, 0) is 9.74 Å². The first-order chi connectivity index (χ1) is 19.1. The number of amides is 2. The summed E-state index contributed by atoms with van der Waals surface area (Å²) in [7, 11) is 0. The van der Waals surface area contributed by atoms with Gasteiger partial charge in [0.1, 0.15) is 23.0 Å². The van der Waals surface area contributed by atoms with Crippen LogP contribution < -0.4 is 20.1 Å². The van der Waals surface area contributed by atoms with Crippen LogP contribution in [0, 0.1) is 0 Å². The number of hydrogen-bond donors (Lipinski definition) is 2. The molecule has 0 saturated carbocycles. The second-order valence-corrected chi connectivity index (χ2v) is 8.17. The molecule has 4 aromatic carbocycles. The highest BCUT2D eigenvalue weighted by Gasteiger charge is 2.65. The minimum absolute atomic E-state index is 0.237. The van der Waals surface area contributed by atoms with Crippen molar-refractivity contribution in [3.05, 3.63) is 109 Å². The minimum Gasteiger partial charge on any atom is -0.457 e. The average Bonchev–Trinajstić information content (AvgIpc) is 2.95. The number of ether oxygens (including phenoxy) is 2. The Morgan fingerprint density at radius 2 is 0.975 bits per heavy atom. The smallest absolute Gasteiger partial charge is 0.457 e. The Morgan fingerprint density at radius 1 is 0.575 bits per heavy atom. The van der Waals surface area contributed by atoms with Gasteiger partial charge >= 0.3 is 17.9 Å². The number of carbonyl (C=O) groups is 2. The molecule has 2 N–H and O–H groups in total. The summed E-state index contributed by atoms with van der Waals surface area (Å²) in [6.45, 7) is 0. The van der Waals surface area contributed by atoms with Gasteiger partial charge in [-0.25, -0.2) is 0 Å². The maximum absolute atomic E-state index is 13.6. The van der Waals surface area contributed by atoms with Gasteiger partial charge < -0.3 is 20.1 Å². The van der Waals surface area contributed by atoms with Crippen molar-refractivity contribution in [3.8, 4) is 23.0 Å². The molecule has 0 aromatic heterocycles. The van der Waals surface area contributed by atoms with E-state index < -0.39 is 17.9 Å². The number of carbonyl (C=O) groups excluding carboxylic acids is 2. The third-order valence-corrected chi connectivity index (χ3v) is 5.32. The zero-order valence-electron chi connectivity index (χ0n) is 20.2. The normalized spacial score (nSPS) is 12.6. The van der Waals surface area contributed by atoms with Gasteiger partial charge in [0, 0.05) is 16.9 Å². The third kappa shape index (κ3) is 6.72. The van der Waals surface area contributed by atoms with Gasteiger partial charge in [-0.1, -0.05) is 18.2 Å². The molecule has 1 atom stereocenters. The van der Waals surface area contributed by atoms with E-state index in [9.17, 15) is 31.7 Å². The van der Waals surface area contributed by atoms with Gasteiger partial charge in [0.15, 0.2) is 0 Å². The highest BCUT2D eigenvalue weighted by molar-refractivity contribution is 6.04. The van der Waals surface area contributed by atoms with E-state index >= 15 is 0 Å². The SMILES string of the molecule is O=C(Nc1ccc(Oc2ccc(Oc3ccc(NC(=O)C(F)(OF)C(F)(F)F)cc3)cc2)cc1)c1ccccc1. The van der Waals surface area contributed by atoms with Gasteiger partial charge in [0.25, 0.3) is 5.91 Å². The second kappa shape index (κ2) is 11.8. The molecule has 2 amide bonds. The van der Waals surface area contributed by atoms with Gasteiger partial charge in [0.2, 0.25) is 0 Å². The third-order valence-electron chi connectivity index (χ3n) is 5.32. The predicted molar refractivity (Wildman–Crippen MR) is 135 cm³/mol. The molecule has 4 aromatic rings. The lowest BCUT2D eigenvalue weighted by atomic mass is 10.2. The fraction of sp³-hybridized carbons (Fsp3) is 0.0714. The van der Waals surface area contributed by atoms with Crippen LogP contribution in [-0.4, -0.2) is 23.8 Å². The molecule has 1 unspecified atom stereocenters. The summed E-state index contributed by atoms with van der Waals surface area (Å²) in [5, 5.41) is 4.38. The first-order valence-electron chi connectivity index (χ1n) is 11.5. The summed E-state index contributed by atoms with van der Waals surface area (Å²) < 4.78 is 74.9. The van der Waals surface area contributed by atoms with Crippen LogP contribution in [0.25, 0.3) is 0 Å². The van der Waals surface area contributed by atoms with Crippen molar-refractivity contribution in [2.45, 2.75) is 12.0 Å². The van der Waals surface area contributed by atoms with Crippen LogP contribution in [0.1, 0.15) is 10.4 Å². The van der Waals surface area contributed by atoms with Gasteiger partial charge in [-0.15, -0.1) is 4.94 Å². The zero-order valence-corrected chi connectivity index (χ0v) is 20.2. The monoisotopic (exact) mass is 558 g/mol. The second-order valence-electron chi connectivity index (χ2n) is 8.17. The Balaban J connectivity index is 1.30. The Bertz CT molecular complexity index is 1450. The molecule has 0 bridgehead atoms. The van der Waals surface area contributed by atoms with E-state index in [1.165, 1.54) is 12.1 Å². The minimum atomic E-state index is -5.92. The van der Waals surface area contributed by atoms with Crippen LogP contribution in [0.5, 0.6) is 23.0 Å². The fourth-order valence-electron chi connectivity index (χ4n) is 3.27. The number of hydrogen-bond acceptors (Lipinski definition) is 5. The molecule has 40 heavy (non-hydrogen) atoms. The Morgan fingerprint density at radius 3 is 1.38 bits per heavy atom. The van der Waals surface area contributed by atoms with Crippen molar-refractivity contribution in [2.75, 3.05) is 10.6 Å². The molecule has 0 aliphatic carbocycles. The van der Waals surface area contributed by atoms with Gasteiger partial charge in [-0.3, -0.25) is 9.59 Å². The molecule has 0 aliphatic rings. The maximum atomic E-state index is 13.6. The number of benzene rings is 4. The molecule has 206 valence electrons. The number of rotatable bonds is 9. The number of nitrogens with one attached hydrogen (secondary N) is 2. The molecule has 7 nitrogen and oxygen atoms in total. The summed E-state index contributed by atoms with van der Waals surface area (Å²) >= 11 is 0. The lowest BCUT2D eigenvalue weighted by Crippen LogP contribution is -2.51. The van der Waals surface area contributed by atoms with Crippen LogP contribution in [0.4, 0.5) is 33.5 Å². The molecular weight excluding hydrogens is 539 g/mol. The van der Waals surface area contributed by atoms with E-state index in [0.717, 1.165) is 12.1 Å². The van der Waals surface area contributed by atoms with Crippen LogP contribution >= 0.6 is 0 Å². The lowest BCUT2D eigenvalue weighted by molar-refractivity contribution is -0.379. The number of anilines is 2. The summed E-state index contributed by atoms with van der Waals surface area (Å²) in [6.07, 6.45) is -5.92. The quantitative estimate of drug-likeness (QED) is 0.207. The Labute approximate surface area is 224 Å². The molecule has 0 radical (unpaired) electrons. The molecule has 0 aliphatic heterocycles. The van der Waals surface area contributed by atoms with E-state index in [2.05, 4.69) is 10.3 Å². The van der Waals surface area contributed by atoms with Crippen LogP contribution in [0.15, 0.2) is 103 Å². The van der Waals surface area contributed by atoms with E-state index in [1.807, 2.05) is 6.07 Å². The van der Waals surface area contributed by atoms with Crippen molar-refractivity contribution in [3.63, 3.8) is 0 Å². The molecular formula is C28H19F5N2O5. The van der Waals surface area contributed by atoms with Crippen molar-refractivity contribution in [2.24, 2.45) is 0 Å². The molecule has 0 heterocycles. The lowest BCUT2D eigenvalue weighted by Gasteiger charge is -2.21. The largest absolute Gasteiger partial charge is 0.461 e. The van der Waals surface area contributed by atoms with Crippen molar-refractivity contribution >= 4 is 23.2 Å². The van der Waals surface area contributed by atoms with E-state index in [-0.39, 0.29) is 17.3 Å². The van der Waals surface area contributed by atoms with Gasteiger partial charge in [0.05, 0.1) is 0 Å². The van der Waals surface area contributed by atoms with Crippen molar-refractivity contribution in [1.29, 1.82) is 0 Å². The van der Waals surface area contributed by atoms with Gasteiger partial charge in [-0.05, 0) is 89.5 Å². The summed E-state index contributed by atoms with van der Waals surface area (Å²) in [5.41, 5.74) is 0.871. The van der Waals surface area contributed by atoms with Crippen molar-refractivity contribution in [1.82, 2.24) is 0 Å². The first kappa shape index (κ1) is 28.0. The van der Waals surface area contributed by atoms with Crippen molar-refractivity contribution < 1.29 is 46.1 Å². The summed E-state index contributed by atoms with van der Waals surface area (Å²) in [4.78, 5) is 26.1.